The van der Waals surface area contributed by atoms with E-state index in [-0.39, 0.29) is 36.3 Å². The molecule has 2 aromatic rings. The molecule has 1 atom stereocenters. The van der Waals surface area contributed by atoms with Crippen LogP contribution in [0.1, 0.15) is 40.4 Å². The first-order valence-electron chi connectivity index (χ1n) is 9.07. The average Bonchev–Trinajstić information content (AvgIpc) is 3.03. The predicted molar refractivity (Wildman–Crippen MR) is 98.6 cm³/mol. The molecule has 2 N–H and O–H groups in total. The number of aliphatic hydroxyl groups is 1. The number of benzene rings is 1. The molecule has 0 saturated carbocycles. The normalized spacial score (nSPS) is 16.3. The number of aliphatic hydroxyl groups excluding tert-OH is 1. The summed E-state index contributed by atoms with van der Waals surface area (Å²) in [5, 5.41) is 16.7. The molecule has 8 heteroatoms. The number of rotatable bonds is 6. The van der Waals surface area contributed by atoms with Crippen LogP contribution in [-0.4, -0.2) is 57.4 Å². The van der Waals surface area contributed by atoms with Gasteiger partial charge in [0, 0.05) is 25.7 Å². The lowest BCUT2D eigenvalue weighted by atomic mass is 10.2. The molecule has 1 aromatic heterocycles. The largest absolute Gasteiger partial charge is 0.494 e. The Hall–Kier alpha value is -2.87. The molecular weight excluding hydrogens is 348 g/mol. The number of β-amino-alcohol motifs (C(OH)–C–C–N with tert-alkyl or cyclic N) is 1. The Labute approximate surface area is 157 Å². The van der Waals surface area contributed by atoms with Crippen molar-refractivity contribution in [3.8, 4) is 5.75 Å². The van der Waals surface area contributed by atoms with E-state index in [2.05, 4.69) is 10.4 Å². The quantitative estimate of drug-likeness (QED) is 0.790. The smallest absolute Gasteiger partial charge is 0.274 e. The van der Waals surface area contributed by atoms with Gasteiger partial charge in [0.15, 0.2) is 5.69 Å². The van der Waals surface area contributed by atoms with Crippen LogP contribution in [0.15, 0.2) is 30.3 Å². The summed E-state index contributed by atoms with van der Waals surface area (Å²) in [6, 6.07) is 9.08. The minimum Gasteiger partial charge on any atom is -0.494 e. The van der Waals surface area contributed by atoms with Crippen molar-refractivity contribution in [1.29, 1.82) is 0 Å². The molecule has 3 rings (SSSR count). The molecule has 0 bridgehead atoms. The van der Waals surface area contributed by atoms with Gasteiger partial charge >= 0.3 is 0 Å². The highest BCUT2D eigenvalue weighted by Crippen LogP contribution is 2.16. The van der Waals surface area contributed by atoms with Crippen LogP contribution < -0.4 is 10.1 Å². The fourth-order valence-corrected chi connectivity index (χ4v) is 2.98. The van der Waals surface area contributed by atoms with E-state index in [4.69, 9.17) is 4.74 Å². The zero-order chi connectivity index (χ0) is 19.4. The Balaban J connectivity index is 1.76. The van der Waals surface area contributed by atoms with Crippen molar-refractivity contribution in [1.82, 2.24) is 20.0 Å². The first-order chi connectivity index (χ1) is 13.0. The van der Waals surface area contributed by atoms with Crippen molar-refractivity contribution in [2.75, 3.05) is 19.7 Å². The van der Waals surface area contributed by atoms with E-state index in [1.165, 1.54) is 10.7 Å². The van der Waals surface area contributed by atoms with Crippen molar-refractivity contribution < 1.29 is 19.4 Å². The van der Waals surface area contributed by atoms with Crippen LogP contribution in [0.25, 0.3) is 0 Å². The Morgan fingerprint density at radius 2 is 2.11 bits per heavy atom. The molecule has 27 heavy (non-hydrogen) atoms. The minimum absolute atomic E-state index is 0.171. The Morgan fingerprint density at radius 3 is 2.78 bits per heavy atom. The maximum atomic E-state index is 12.9. The molecule has 0 aliphatic carbocycles. The van der Waals surface area contributed by atoms with Gasteiger partial charge in [-0.1, -0.05) is 12.1 Å². The number of nitrogens with one attached hydrogen (secondary N) is 1. The van der Waals surface area contributed by atoms with Crippen molar-refractivity contribution in [2.24, 2.45) is 0 Å². The number of carbonyl (C=O) groups excluding carboxylic acids is 2. The number of amides is 2. The number of aromatic nitrogens is 2. The van der Waals surface area contributed by atoms with Gasteiger partial charge in [-0.3, -0.25) is 14.3 Å². The number of ether oxygens (including phenoxy) is 1. The summed E-state index contributed by atoms with van der Waals surface area (Å²) in [6.45, 7) is 5.70. The van der Waals surface area contributed by atoms with Crippen LogP contribution in [0.4, 0.5) is 0 Å². The highest BCUT2D eigenvalue weighted by molar-refractivity contribution is 5.98. The van der Waals surface area contributed by atoms with Crippen molar-refractivity contribution in [3.05, 3.63) is 47.3 Å². The molecule has 144 valence electrons. The van der Waals surface area contributed by atoms with Crippen LogP contribution in [0.2, 0.25) is 0 Å². The van der Waals surface area contributed by atoms with E-state index in [0.29, 0.717) is 19.7 Å². The SMILES string of the molecule is CCOc1ccc(CN(CC)C(=O)c2cc3n(n2)CC(O)CNC3=O)cc1. The highest BCUT2D eigenvalue weighted by atomic mass is 16.5. The lowest BCUT2D eigenvalue weighted by Gasteiger charge is -2.20. The standard InChI is InChI=1S/C19H24N4O4/c1-3-22(11-13-5-7-15(8-6-13)27-4-2)19(26)16-9-17-18(25)20-10-14(24)12-23(17)21-16/h5-9,14,24H,3-4,10-12H2,1-2H3,(H,20,25). The van der Waals surface area contributed by atoms with E-state index in [1.54, 1.807) is 4.90 Å². The second-order valence-electron chi connectivity index (χ2n) is 6.36. The molecule has 1 aliphatic heterocycles. The summed E-state index contributed by atoms with van der Waals surface area (Å²) >= 11 is 0. The van der Waals surface area contributed by atoms with Crippen LogP contribution in [-0.2, 0) is 13.1 Å². The number of carbonyl (C=O) groups is 2. The van der Waals surface area contributed by atoms with Gasteiger partial charge in [0.05, 0.1) is 19.3 Å². The summed E-state index contributed by atoms with van der Waals surface area (Å²) in [4.78, 5) is 26.6. The van der Waals surface area contributed by atoms with Crippen LogP contribution >= 0.6 is 0 Å². The lowest BCUT2D eigenvalue weighted by molar-refractivity contribution is 0.0744. The average molecular weight is 372 g/mol. The first kappa shape index (κ1) is 18.9. The molecule has 2 heterocycles. The van der Waals surface area contributed by atoms with E-state index in [0.717, 1.165) is 11.3 Å². The van der Waals surface area contributed by atoms with Gasteiger partial charge < -0.3 is 20.1 Å². The van der Waals surface area contributed by atoms with Crippen LogP contribution in [0.3, 0.4) is 0 Å². The number of hydrogen-bond donors (Lipinski definition) is 2. The maximum absolute atomic E-state index is 12.9. The molecular formula is C19H24N4O4. The van der Waals surface area contributed by atoms with Crippen molar-refractivity contribution >= 4 is 11.8 Å². The lowest BCUT2D eigenvalue weighted by Crippen LogP contribution is -2.31. The number of hydrogen-bond acceptors (Lipinski definition) is 5. The van der Waals surface area contributed by atoms with E-state index >= 15 is 0 Å². The fourth-order valence-electron chi connectivity index (χ4n) is 2.98. The van der Waals surface area contributed by atoms with E-state index in [9.17, 15) is 14.7 Å². The van der Waals surface area contributed by atoms with Gasteiger partial charge in [-0.15, -0.1) is 0 Å². The molecule has 1 aromatic carbocycles. The van der Waals surface area contributed by atoms with E-state index in [1.807, 2.05) is 38.1 Å². The van der Waals surface area contributed by atoms with Gasteiger partial charge in [0.2, 0.25) is 0 Å². The zero-order valence-corrected chi connectivity index (χ0v) is 15.5. The molecule has 1 unspecified atom stereocenters. The summed E-state index contributed by atoms with van der Waals surface area (Å²) in [5.41, 5.74) is 1.46. The molecule has 8 nitrogen and oxygen atoms in total. The highest BCUT2D eigenvalue weighted by Gasteiger charge is 2.26. The molecule has 1 aliphatic rings. The predicted octanol–water partition coefficient (Wildman–Crippen LogP) is 1.05. The Bertz CT molecular complexity index is 816. The summed E-state index contributed by atoms with van der Waals surface area (Å²) < 4.78 is 6.83. The van der Waals surface area contributed by atoms with Gasteiger partial charge in [-0.05, 0) is 31.5 Å². The van der Waals surface area contributed by atoms with Crippen LogP contribution in [0.5, 0.6) is 5.75 Å². The Morgan fingerprint density at radius 1 is 1.37 bits per heavy atom. The molecule has 0 saturated heterocycles. The monoisotopic (exact) mass is 372 g/mol. The first-order valence-corrected chi connectivity index (χ1v) is 9.07. The molecule has 0 radical (unpaired) electrons. The zero-order valence-electron chi connectivity index (χ0n) is 15.5. The molecule has 2 amide bonds. The topological polar surface area (TPSA) is 96.7 Å². The second-order valence-corrected chi connectivity index (χ2v) is 6.36. The number of fused-ring (bicyclic) bond motifs is 1. The fraction of sp³-hybridized carbons (Fsp3) is 0.421. The number of nitrogens with zero attached hydrogens (tertiary/aromatic N) is 3. The van der Waals surface area contributed by atoms with Gasteiger partial charge in [-0.25, -0.2) is 0 Å². The minimum atomic E-state index is -0.732. The molecule has 0 spiro atoms. The van der Waals surface area contributed by atoms with E-state index < -0.39 is 6.10 Å². The van der Waals surface area contributed by atoms with Gasteiger partial charge in [-0.2, -0.15) is 5.10 Å². The second kappa shape index (κ2) is 8.22. The maximum Gasteiger partial charge on any atom is 0.274 e. The van der Waals surface area contributed by atoms with Crippen molar-refractivity contribution in [3.63, 3.8) is 0 Å². The summed E-state index contributed by atoms with van der Waals surface area (Å²) in [7, 11) is 0. The third kappa shape index (κ3) is 4.28. The summed E-state index contributed by atoms with van der Waals surface area (Å²) in [6.07, 6.45) is -0.732. The van der Waals surface area contributed by atoms with Crippen LogP contribution in [0, 0.1) is 0 Å². The van der Waals surface area contributed by atoms with Crippen molar-refractivity contribution in [2.45, 2.75) is 33.0 Å². The molecule has 0 fully saturated rings. The summed E-state index contributed by atoms with van der Waals surface area (Å²) in [5.74, 6) is 0.194. The van der Waals surface area contributed by atoms with Gasteiger partial charge in [0.1, 0.15) is 11.4 Å². The van der Waals surface area contributed by atoms with Gasteiger partial charge in [0.25, 0.3) is 11.8 Å². The third-order valence-corrected chi connectivity index (χ3v) is 4.39. The third-order valence-electron chi connectivity index (χ3n) is 4.39. The Kier molecular flexibility index (Phi) is 5.75.